The number of hydrogen-bond acceptors (Lipinski definition) is 12. The Morgan fingerprint density at radius 3 is 2.29 bits per heavy atom. The minimum Gasteiger partial charge on any atom is -0.597 e. The zero-order chi connectivity index (χ0) is 21.1. The standard InChI is InChI=1S/C12H15N5O10S/c1-9-3-5-11(6-4-9)28(23,24)27-13-14(18)8-10-7-12(15(19)20,16(21)22)17(25-2)26-10/h3-6,10H,7-8H2,1-2H3/b14-13-. The number of nitrogens with zero attached hydrogens (tertiary/aromatic N) is 5. The van der Waals surface area contributed by atoms with Gasteiger partial charge in [-0.25, -0.2) is 4.28 Å². The third-order valence-electron chi connectivity index (χ3n) is 3.68. The molecule has 1 unspecified atom stereocenters. The first-order valence-corrected chi connectivity index (χ1v) is 8.90. The largest absolute Gasteiger partial charge is 0.597 e. The van der Waals surface area contributed by atoms with Crippen molar-refractivity contribution in [2.45, 2.75) is 30.1 Å². The van der Waals surface area contributed by atoms with E-state index in [4.69, 9.17) is 4.84 Å². The minimum atomic E-state index is -4.37. The fourth-order valence-corrected chi connectivity index (χ4v) is 3.03. The number of hydroxylamine groups is 3. The predicted molar refractivity (Wildman–Crippen MR) is 85.4 cm³/mol. The van der Waals surface area contributed by atoms with Crippen molar-refractivity contribution in [1.29, 1.82) is 0 Å². The van der Waals surface area contributed by atoms with E-state index in [1.54, 1.807) is 6.92 Å². The Bertz CT molecular complexity index is 873. The molecular formula is C12H15N5O10S. The van der Waals surface area contributed by atoms with Crippen LogP contribution in [-0.4, -0.2) is 53.9 Å². The van der Waals surface area contributed by atoms with Gasteiger partial charge in [0.2, 0.25) is 11.8 Å². The molecule has 1 aromatic rings. The smallest absolute Gasteiger partial charge is 0.569 e. The highest BCUT2D eigenvalue weighted by atomic mass is 32.2. The first-order valence-electron chi connectivity index (χ1n) is 7.49. The Morgan fingerprint density at radius 1 is 1.25 bits per heavy atom. The second-order valence-electron chi connectivity index (χ2n) is 5.62. The van der Waals surface area contributed by atoms with Gasteiger partial charge in [-0.15, -0.1) is 0 Å². The quantitative estimate of drug-likeness (QED) is 0.185. The van der Waals surface area contributed by atoms with Crippen LogP contribution in [0.1, 0.15) is 12.0 Å². The van der Waals surface area contributed by atoms with E-state index in [0.717, 1.165) is 12.7 Å². The molecule has 1 fully saturated rings. The van der Waals surface area contributed by atoms with Gasteiger partial charge in [0.1, 0.15) is 21.2 Å². The fourth-order valence-electron chi connectivity index (χ4n) is 2.31. The molecule has 2 rings (SSSR count). The average molecular weight is 421 g/mol. The van der Waals surface area contributed by atoms with Crippen molar-refractivity contribution in [3.63, 3.8) is 0 Å². The van der Waals surface area contributed by atoms with E-state index >= 15 is 0 Å². The van der Waals surface area contributed by atoms with Gasteiger partial charge in [0, 0.05) is 0 Å². The molecule has 0 radical (unpaired) electrons. The molecule has 0 aliphatic carbocycles. The van der Waals surface area contributed by atoms with Crippen LogP contribution >= 0.6 is 0 Å². The van der Waals surface area contributed by atoms with E-state index in [9.17, 15) is 33.9 Å². The van der Waals surface area contributed by atoms with E-state index in [0.29, 0.717) is 0 Å². The molecule has 28 heavy (non-hydrogen) atoms. The summed E-state index contributed by atoms with van der Waals surface area (Å²) in [6.45, 7) is 0.939. The highest BCUT2D eigenvalue weighted by molar-refractivity contribution is 7.86. The average Bonchev–Trinajstić information content (AvgIpc) is 3.00. The number of nitro groups is 2. The van der Waals surface area contributed by atoms with Crippen molar-refractivity contribution in [2.24, 2.45) is 5.28 Å². The van der Waals surface area contributed by atoms with Gasteiger partial charge < -0.3 is 5.21 Å². The van der Waals surface area contributed by atoms with Gasteiger partial charge in [0.15, 0.2) is 6.10 Å². The second kappa shape index (κ2) is 7.97. The van der Waals surface area contributed by atoms with E-state index < -0.39 is 44.8 Å². The molecule has 0 N–H and O–H groups in total. The minimum absolute atomic E-state index is 0.0510. The van der Waals surface area contributed by atoms with E-state index in [-0.39, 0.29) is 15.0 Å². The van der Waals surface area contributed by atoms with E-state index in [1.807, 2.05) is 0 Å². The van der Waals surface area contributed by atoms with Crippen molar-refractivity contribution in [1.82, 2.24) is 5.23 Å². The SMILES string of the molecule is CON1OC(C/[N+]([O-])=N/OS(=O)(=O)c2ccc(C)cc2)CC1([N+](=O)[O-])[N+](=O)[O-]. The van der Waals surface area contributed by atoms with Gasteiger partial charge in [-0.2, -0.15) is 8.42 Å². The van der Waals surface area contributed by atoms with E-state index in [1.165, 1.54) is 24.3 Å². The molecule has 0 amide bonds. The summed E-state index contributed by atoms with van der Waals surface area (Å²) in [6.07, 6.45) is -2.26. The van der Waals surface area contributed by atoms with Gasteiger partial charge in [-0.3, -0.25) is 29.9 Å². The summed E-state index contributed by atoms with van der Waals surface area (Å²) in [5.41, 5.74) is 0.794. The maximum atomic E-state index is 11.9. The molecule has 1 heterocycles. The summed E-state index contributed by atoms with van der Waals surface area (Å²) in [5, 5.41) is 37.0. The summed E-state index contributed by atoms with van der Waals surface area (Å²) >= 11 is 0. The molecule has 0 aromatic heterocycles. The van der Waals surface area contributed by atoms with Crippen molar-refractivity contribution in [3.8, 4) is 0 Å². The number of aryl methyl sites for hydroxylation is 1. The van der Waals surface area contributed by atoms with Crippen LogP contribution in [0.3, 0.4) is 0 Å². The van der Waals surface area contributed by atoms with Crippen LogP contribution in [-0.2, 0) is 24.1 Å². The lowest BCUT2D eigenvalue weighted by Gasteiger charge is -2.17. The molecule has 1 aliphatic heterocycles. The highest BCUT2D eigenvalue weighted by Gasteiger charge is 2.71. The molecular weight excluding hydrogens is 406 g/mol. The lowest BCUT2D eigenvalue weighted by Crippen LogP contribution is -2.55. The zero-order valence-electron chi connectivity index (χ0n) is 14.5. The molecule has 154 valence electrons. The Balaban J connectivity index is 2.10. The summed E-state index contributed by atoms with van der Waals surface area (Å²) in [4.78, 5) is 28.7. The summed E-state index contributed by atoms with van der Waals surface area (Å²) in [7, 11) is -3.47. The van der Waals surface area contributed by atoms with Crippen molar-refractivity contribution in [3.05, 3.63) is 55.3 Å². The van der Waals surface area contributed by atoms with Crippen molar-refractivity contribution < 1.29 is 37.1 Å². The van der Waals surface area contributed by atoms with Crippen LogP contribution in [0.5, 0.6) is 0 Å². The monoisotopic (exact) mass is 421 g/mol. The van der Waals surface area contributed by atoms with Crippen LogP contribution in [0, 0.1) is 32.4 Å². The molecule has 15 nitrogen and oxygen atoms in total. The lowest BCUT2D eigenvalue weighted by molar-refractivity contribution is -0.850. The summed E-state index contributed by atoms with van der Waals surface area (Å²) in [6, 6.07) is 5.50. The van der Waals surface area contributed by atoms with Crippen molar-refractivity contribution in [2.75, 3.05) is 13.7 Å². The molecule has 0 spiro atoms. The molecule has 16 heteroatoms. The van der Waals surface area contributed by atoms with Gasteiger partial charge in [-0.1, -0.05) is 22.6 Å². The normalized spacial score (nSPS) is 20.1. The summed E-state index contributed by atoms with van der Waals surface area (Å²) in [5.74, 6) is -2.96. The maximum Gasteiger partial charge on any atom is 0.569 e. The number of rotatable bonds is 8. The third-order valence-corrected chi connectivity index (χ3v) is 4.79. The van der Waals surface area contributed by atoms with Crippen LogP contribution in [0.15, 0.2) is 34.4 Å². The molecule has 1 saturated heterocycles. The Kier molecular flexibility index (Phi) is 6.07. The molecule has 1 atom stereocenters. The fraction of sp³-hybridized carbons (Fsp3) is 0.500. The Morgan fingerprint density at radius 2 is 1.82 bits per heavy atom. The molecule has 1 aromatic carbocycles. The maximum absolute atomic E-state index is 11.9. The number of benzene rings is 1. The van der Waals surface area contributed by atoms with Crippen LogP contribution in [0.25, 0.3) is 0 Å². The highest BCUT2D eigenvalue weighted by Crippen LogP contribution is 2.33. The van der Waals surface area contributed by atoms with Crippen LogP contribution in [0.2, 0.25) is 0 Å². The molecule has 0 saturated carbocycles. The summed E-state index contributed by atoms with van der Waals surface area (Å²) < 4.78 is 28.2. The predicted octanol–water partition coefficient (Wildman–Crippen LogP) is 0.352. The van der Waals surface area contributed by atoms with Gasteiger partial charge in [-0.05, 0) is 19.1 Å². The number of hydrogen-bond donors (Lipinski definition) is 0. The Hall–Kier alpha value is -2.95. The van der Waals surface area contributed by atoms with Gasteiger partial charge >= 0.3 is 15.9 Å². The first-order chi connectivity index (χ1) is 13.0. The first kappa shape index (κ1) is 21.4. The topological polar surface area (TPSA) is 190 Å². The zero-order valence-corrected chi connectivity index (χ0v) is 15.3. The van der Waals surface area contributed by atoms with Crippen LogP contribution < -0.4 is 0 Å². The van der Waals surface area contributed by atoms with Gasteiger partial charge in [0.05, 0.1) is 12.3 Å². The Labute approximate surface area is 157 Å². The third kappa shape index (κ3) is 4.14. The van der Waals surface area contributed by atoms with Crippen LogP contribution in [0.4, 0.5) is 0 Å². The lowest BCUT2D eigenvalue weighted by atomic mass is 10.2. The molecule has 0 bridgehead atoms. The molecule has 1 aliphatic rings. The van der Waals surface area contributed by atoms with Gasteiger partial charge in [0.25, 0.3) is 0 Å². The van der Waals surface area contributed by atoms with E-state index in [2.05, 4.69) is 14.4 Å². The van der Waals surface area contributed by atoms with Crippen molar-refractivity contribution >= 4 is 10.1 Å². The second-order valence-corrected chi connectivity index (χ2v) is 7.15.